The summed E-state index contributed by atoms with van der Waals surface area (Å²) in [6.07, 6.45) is 0.273. The van der Waals surface area contributed by atoms with Gasteiger partial charge in [0.2, 0.25) is 11.8 Å². The summed E-state index contributed by atoms with van der Waals surface area (Å²) < 4.78 is 39.9. The lowest BCUT2D eigenvalue weighted by Crippen LogP contribution is -2.55. The van der Waals surface area contributed by atoms with Crippen LogP contribution in [-0.4, -0.2) is 57.5 Å². The molecule has 3 aromatic rings. The van der Waals surface area contributed by atoms with Crippen molar-refractivity contribution in [3.8, 4) is 11.5 Å². The van der Waals surface area contributed by atoms with E-state index in [2.05, 4.69) is 5.32 Å². The first kappa shape index (κ1) is 34.0. The molecule has 3 aromatic carbocycles. The molecule has 0 heterocycles. The van der Waals surface area contributed by atoms with E-state index in [1.165, 1.54) is 43.4 Å². The summed E-state index contributed by atoms with van der Waals surface area (Å²) >= 11 is 12.4. The van der Waals surface area contributed by atoms with Crippen molar-refractivity contribution in [2.45, 2.75) is 57.1 Å². The van der Waals surface area contributed by atoms with Gasteiger partial charge in [-0.15, -0.1) is 0 Å². The number of nitrogens with one attached hydrogen (secondary N) is 1. The molecule has 0 aliphatic heterocycles. The minimum Gasteiger partial charge on any atom is -0.497 e. The minimum absolute atomic E-state index is 0.0197. The van der Waals surface area contributed by atoms with Crippen LogP contribution in [0.3, 0.4) is 0 Å². The van der Waals surface area contributed by atoms with Crippen molar-refractivity contribution in [2.24, 2.45) is 0 Å². The number of carbonyl (C=O) groups excluding carboxylic acids is 2. The predicted octanol–water partition coefficient (Wildman–Crippen LogP) is 5.93. The average Bonchev–Trinajstić information content (AvgIpc) is 2.96. The van der Waals surface area contributed by atoms with Crippen LogP contribution in [0.5, 0.6) is 11.5 Å². The standard InChI is InChI=1S/C31H37Cl2N3O6S/c1-7-26(30(38)34-31(2,3)4)35(19-21-12-17-24(32)25(33)18-21)29(37)20-36(27-10-8-9-11-28(27)42-6)43(39,40)23-15-13-22(41-5)14-16-23/h8-18,26H,7,19-20H2,1-6H3,(H,34,38)/t26-/m0/s1. The topological polar surface area (TPSA) is 105 Å². The van der Waals surface area contributed by atoms with Gasteiger partial charge in [0.1, 0.15) is 24.1 Å². The molecule has 0 aliphatic rings. The highest BCUT2D eigenvalue weighted by molar-refractivity contribution is 7.92. The summed E-state index contributed by atoms with van der Waals surface area (Å²) in [6.45, 7) is 6.67. The summed E-state index contributed by atoms with van der Waals surface area (Å²) in [5.74, 6) is -0.251. The van der Waals surface area contributed by atoms with Crippen LogP contribution in [0.25, 0.3) is 0 Å². The predicted molar refractivity (Wildman–Crippen MR) is 170 cm³/mol. The van der Waals surface area contributed by atoms with Crippen LogP contribution >= 0.6 is 23.2 Å². The molecule has 12 heteroatoms. The van der Waals surface area contributed by atoms with Gasteiger partial charge in [0.05, 0.1) is 34.8 Å². The van der Waals surface area contributed by atoms with E-state index in [0.29, 0.717) is 16.3 Å². The third-order valence-electron chi connectivity index (χ3n) is 6.50. The number of rotatable bonds is 12. The number of methoxy groups -OCH3 is 2. The van der Waals surface area contributed by atoms with Crippen molar-refractivity contribution < 1.29 is 27.5 Å². The van der Waals surface area contributed by atoms with Gasteiger partial charge in [-0.05, 0) is 81.3 Å². The Bertz CT molecular complexity index is 1540. The second-order valence-electron chi connectivity index (χ2n) is 10.8. The van der Waals surface area contributed by atoms with E-state index in [9.17, 15) is 18.0 Å². The number of hydrogen-bond acceptors (Lipinski definition) is 6. The molecule has 0 aliphatic carbocycles. The fraction of sp³-hybridized carbons (Fsp3) is 0.355. The smallest absolute Gasteiger partial charge is 0.264 e. The molecule has 2 amide bonds. The molecule has 0 saturated heterocycles. The number of hydrogen-bond donors (Lipinski definition) is 1. The van der Waals surface area contributed by atoms with Crippen LogP contribution < -0.4 is 19.1 Å². The van der Waals surface area contributed by atoms with Gasteiger partial charge in [0.15, 0.2) is 0 Å². The third-order valence-corrected chi connectivity index (χ3v) is 9.01. The number of anilines is 1. The number of ether oxygens (including phenoxy) is 2. The highest BCUT2D eigenvalue weighted by Gasteiger charge is 2.35. The van der Waals surface area contributed by atoms with Gasteiger partial charge in [-0.1, -0.05) is 48.3 Å². The van der Waals surface area contributed by atoms with Gasteiger partial charge < -0.3 is 19.7 Å². The molecule has 0 aromatic heterocycles. The summed E-state index contributed by atoms with van der Waals surface area (Å²) in [7, 11) is -1.40. The van der Waals surface area contributed by atoms with Crippen LogP contribution in [0.2, 0.25) is 10.0 Å². The molecular formula is C31H37Cl2N3O6S. The van der Waals surface area contributed by atoms with E-state index in [-0.39, 0.29) is 40.2 Å². The van der Waals surface area contributed by atoms with Gasteiger partial charge in [0.25, 0.3) is 10.0 Å². The molecule has 0 saturated carbocycles. The van der Waals surface area contributed by atoms with Crippen LogP contribution in [0.15, 0.2) is 71.6 Å². The number of sulfonamides is 1. The molecule has 9 nitrogen and oxygen atoms in total. The Labute approximate surface area is 263 Å². The highest BCUT2D eigenvalue weighted by atomic mass is 35.5. The van der Waals surface area contributed by atoms with Crippen LogP contribution in [0.4, 0.5) is 5.69 Å². The number of nitrogens with zero attached hydrogens (tertiary/aromatic N) is 2. The molecule has 232 valence electrons. The van der Waals surface area contributed by atoms with E-state index in [1.54, 1.807) is 49.4 Å². The zero-order chi connectivity index (χ0) is 31.9. The quantitative estimate of drug-likeness (QED) is 0.261. The van der Waals surface area contributed by atoms with Crippen LogP contribution in [0, 0.1) is 0 Å². The molecule has 0 radical (unpaired) electrons. The normalized spacial score (nSPS) is 12.3. The zero-order valence-electron chi connectivity index (χ0n) is 25.1. The Morgan fingerprint density at radius 1 is 0.930 bits per heavy atom. The van der Waals surface area contributed by atoms with Crippen LogP contribution in [-0.2, 0) is 26.2 Å². The summed E-state index contributed by atoms with van der Waals surface area (Å²) in [5, 5.41) is 3.57. The van der Waals surface area contributed by atoms with Gasteiger partial charge in [-0.3, -0.25) is 13.9 Å². The van der Waals surface area contributed by atoms with Gasteiger partial charge in [-0.25, -0.2) is 8.42 Å². The third kappa shape index (κ3) is 8.55. The lowest BCUT2D eigenvalue weighted by Gasteiger charge is -2.35. The molecule has 3 rings (SSSR count). The summed E-state index contributed by atoms with van der Waals surface area (Å²) in [6, 6.07) is 16.4. The molecule has 0 bridgehead atoms. The second kappa shape index (κ2) is 14.3. The van der Waals surface area contributed by atoms with E-state index >= 15 is 0 Å². The zero-order valence-corrected chi connectivity index (χ0v) is 27.4. The lowest BCUT2D eigenvalue weighted by molar-refractivity contribution is -0.141. The maximum Gasteiger partial charge on any atom is 0.264 e. The number of carbonyl (C=O) groups is 2. The fourth-order valence-corrected chi connectivity index (χ4v) is 6.18. The largest absolute Gasteiger partial charge is 0.497 e. The van der Waals surface area contributed by atoms with Crippen molar-refractivity contribution in [1.29, 1.82) is 0 Å². The van der Waals surface area contributed by atoms with Gasteiger partial charge in [0, 0.05) is 12.1 Å². The van der Waals surface area contributed by atoms with E-state index < -0.39 is 34.1 Å². The van der Waals surface area contributed by atoms with Crippen molar-refractivity contribution in [3.63, 3.8) is 0 Å². The van der Waals surface area contributed by atoms with Crippen molar-refractivity contribution in [1.82, 2.24) is 10.2 Å². The fourth-order valence-electron chi connectivity index (χ4n) is 4.43. The highest BCUT2D eigenvalue weighted by Crippen LogP contribution is 2.33. The number of para-hydroxylation sites is 2. The minimum atomic E-state index is -4.30. The first-order chi connectivity index (χ1) is 20.2. The molecular weight excluding hydrogens is 613 g/mol. The van der Waals surface area contributed by atoms with Crippen molar-refractivity contribution >= 4 is 50.7 Å². The van der Waals surface area contributed by atoms with Gasteiger partial charge in [-0.2, -0.15) is 0 Å². The number of benzene rings is 3. The Morgan fingerprint density at radius 2 is 1.58 bits per heavy atom. The monoisotopic (exact) mass is 649 g/mol. The molecule has 0 unspecified atom stereocenters. The average molecular weight is 651 g/mol. The van der Waals surface area contributed by atoms with Crippen molar-refractivity contribution in [2.75, 3.05) is 25.1 Å². The second-order valence-corrected chi connectivity index (χ2v) is 13.5. The maximum atomic E-state index is 14.3. The Kier molecular flexibility index (Phi) is 11.3. The SMILES string of the molecule is CC[C@@H](C(=O)NC(C)(C)C)N(Cc1ccc(Cl)c(Cl)c1)C(=O)CN(c1ccccc1OC)S(=O)(=O)c1ccc(OC)cc1. The summed E-state index contributed by atoms with van der Waals surface area (Å²) in [5.41, 5.74) is 0.215. The molecule has 0 spiro atoms. The van der Waals surface area contributed by atoms with Crippen LogP contribution in [0.1, 0.15) is 39.7 Å². The Balaban J connectivity index is 2.13. The first-order valence-electron chi connectivity index (χ1n) is 13.6. The first-order valence-corrected chi connectivity index (χ1v) is 15.8. The lowest BCUT2D eigenvalue weighted by atomic mass is 10.1. The Morgan fingerprint density at radius 3 is 2.14 bits per heavy atom. The van der Waals surface area contributed by atoms with E-state index in [1.807, 2.05) is 20.8 Å². The summed E-state index contributed by atoms with van der Waals surface area (Å²) in [4.78, 5) is 29.0. The maximum absolute atomic E-state index is 14.3. The number of halogens is 2. The molecule has 1 atom stereocenters. The molecule has 0 fully saturated rings. The number of amides is 2. The molecule has 43 heavy (non-hydrogen) atoms. The van der Waals surface area contributed by atoms with Crippen molar-refractivity contribution in [3.05, 3.63) is 82.3 Å². The van der Waals surface area contributed by atoms with E-state index in [0.717, 1.165) is 4.31 Å². The molecule has 1 N–H and O–H groups in total. The van der Waals surface area contributed by atoms with E-state index in [4.69, 9.17) is 32.7 Å². The van der Waals surface area contributed by atoms with Gasteiger partial charge >= 0.3 is 0 Å². The Hall–Kier alpha value is -3.47.